The Bertz CT molecular complexity index is 919. The van der Waals surface area contributed by atoms with Gasteiger partial charge in [0.15, 0.2) is 5.16 Å². The Kier molecular flexibility index (Phi) is 4.71. The van der Waals surface area contributed by atoms with Crippen molar-refractivity contribution in [2.45, 2.75) is 37.2 Å². The molecule has 3 nitrogen and oxygen atoms in total. The minimum atomic E-state index is -0.251. The first kappa shape index (κ1) is 16.7. The maximum atomic E-state index is 13.1. The molecule has 0 saturated carbocycles. The number of hydrogen-bond acceptors (Lipinski definition) is 3. The summed E-state index contributed by atoms with van der Waals surface area (Å²) in [7, 11) is 0. The van der Waals surface area contributed by atoms with E-state index in [4.69, 9.17) is 4.98 Å². The minimum absolute atomic E-state index is 0.0116. The van der Waals surface area contributed by atoms with Crippen LogP contribution in [0.25, 0.3) is 10.9 Å². The normalized spacial score (nSPS) is 12.7. The highest BCUT2D eigenvalue weighted by molar-refractivity contribution is 7.99. The van der Waals surface area contributed by atoms with Gasteiger partial charge < -0.3 is 0 Å². The second kappa shape index (κ2) is 6.77. The third-order valence-corrected chi connectivity index (χ3v) is 5.04. The van der Waals surface area contributed by atoms with Crippen molar-refractivity contribution in [1.82, 2.24) is 9.55 Å². The van der Waals surface area contributed by atoms with Gasteiger partial charge in [-0.2, -0.15) is 0 Å². The number of nitrogens with zero attached hydrogens (tertiary/aromatic N) is 2. The zero-order valence-electron chi connectivity index (χ0n) is 13.9. The molecule has 1 atom stereocenters. The van der Waals surface area contributed by atoms with Crippen LogP contribution in [0.3, 0.4) is 0 Å². The zero-order valence-corrected chi connectivity index (χ0v) is 14.7. The fraction of sp³-hybridized carbons (Fsp3) is 0.263. The van der Waals surface area contributed by atoms with E-state index in [0.29, 0.717) is 16.1 Å². The van der Waals surface area contributed by atoms with E-state index in [9.17, 15) is 9.18 Å². The molecule has 5 heteroatoms. The molecular formula is C19H19FN2OS. The quantitative estimate of drug-likeness (QED) is 0.496. The molecule has 0 N–H and O–H groups in total. The Morgan fingerprint density at radius 1 is 1.04 bits per heavy atom. The number of thioether (sulfide) groups is 1. The van der Waals surface area contributed by atoms with E-state index in [2.05, 4.69) is 0 Å². The summed E-state index contributed by atoms with van der Waals surface area (Å²) in [5.74, 6) is -0.251. The van der Waals surface area contributed by atoms with E-state index >= 15 is 0 Å². The van der Waals surface area contributed by atoms with E-state index in [-0.39, 0.29) is 22.7 Å². The summed E-state index contributed by atoms with van der Waals surface area (Å²) in [5.41, 5.74) is 1.68. The summed E-state index contributed by atoms with van der Waals surface area (Å²) >= 11 is 1.52. The van der Waals surface area contributed by atoms with Gasteiger partial charge in [0, 0.05) is 11.3 Å². The van der Waals surface area contributed by atoms with Crippen LogP contribution in [-0.2, 0) is 0 Å². The number of halogens is 1. The molecule has 0 saturated heterocycles. The van der Waals surface area contributed by atoms with Crippen molar-refractivity contribution >= 4 is 22.7 Å². The number of fused-ring (bicyclic) bond motifs is 1. The Morgan fingerprint density at radius 2 is 1.71 bits per heavy atom. The van der Waals surface area contributed by atoms with Gasteiger partial charge in [0.25, 0.3) is 5.56 Å². The minimum Gasteiger partial charge on any atom is -0.285 e. The van der Waals surface area contributed by atoms with Gasteiger partial charge in [-0.25, -0.2) is 9.37 Å². The number of para-hydroxylation sites is 1. The molecule has 0 spiro atoms. The fourth-order valence-electron chi connectivity index (χ4n) is 2.62. The van der Waals surface area contributed by atoms with Gasteiger partial charge >= 0.3 is 0 Å². The first-order valence-corrected chi connectivity index (χ1v) is 8.78. The number of hydrogen-bond donors (Lipinski definition) is 0. The highest BCUT2D eigenvalue weighted by atomic mass is 32.2. The molecule has 1 heterocycles. The Hall–Kier alpha value is -2.14. The predicted octanol–water partition coefficient (Wildman–Crippen LogP) is 4.97. The van der Waals surface area contributed by atoms with Gasteiger partial charge in [-0.05, 0) is 50.6 Å². The van der Waals surface area contributed by atoms with Crippen LogP contribution in [0.15, 0.2) is 58.5 Å². The van der Waals surface area contributed by atoms with Crippen molar-refractivity contribution in [1.29, 1.82) is 0 Å². The lowest BCUT2D eigenvalue weighted by molar-refractivity contribution is 0.518. The molecule has 124 valence electrons. The average molecular weight is 342 g/mol. The molecule has 0 bridgehead atoms. The summed E-state index contributed by atoms with van der Waals surface area (Å²) in [6, 6.07) is 13.9. The first-order valence-electron chi connectivity index (χ1n) is 7.91. The monoisotopic (exact) mass is 342 g/mol. The van der Waals surface area contributed by atoms with E-state index < -0.39 is 0 Å². The maximum Gasteiger partial charge on any atom is 0.262 e. The van der Waals surface area contributed by atoms with Crippen molar-refractivity contribution < 1.29 is 4.39 Å². The van der Waals surface area contributed by atoms with Gasteiger partial charge in [0.05, 0.1) is 10.9 Å². The van der Waals surface area contributed by atoms with Crippen molar-refractivity contribution in [2.75, 3.05) is 0 Å². The summed E-state index contributed by atoms with van der Waals surface area (Å²) < 4.78 is 14.8. The molecular weight excluding hydrogens is 323 g/mol. The summed E-state index contributed by atoms with van der Waals surface area (Å²) in [4.78, 5) is 17.5. The average Bonchev–Trinajstić information content (AvgIpc) is 2.55. The smallest absolute Gasteiger partial charge is 0.262 e. The van der Waals surface area contributed by atoms with Crippen LogP contribution >= 0.6 is 11.8 Å². The molecule has 0 radical (unpaired) electrons. The molecule has 0 aliphatic heterocycles. The molecule has 3 rings (SSSR count). The van der Waals surface area contributed by atoms with Gasteiger partial charge in [-0.1, -0.05) is 36.0 Å². The van der Waals surface area contributed by atoms with Crippen LogP contribution in [0.5, 0.6) is 0 Å². The molecule has 0 amide bonds. The number of aromatic nitrogens is 2. The highest BCUT2D eigenvalue weighted by Crippen LogP contribution is 2.34. The summed E-state index contributed by atoms with van der Waals surface area (Å²) in [6.45, 7) is 5.98. The Labute approximate surface area is 144 Å². The van der Waals surface area contributed by atoms with Crippen molar-refractivity contribution in [2.24, 2.45) is 0 Å². The van der Waals surface area contributed by atoms with Gasteiger partial charge in [-0.3, -0.25) is 9.36 Å². The van der Waals surface area contributed by atoms with Crippen molar-refractivity contribution in [3.63, 3.8) is 0 Å². The largest absolute Gasteiger partial charge is 0.285 e. The third-order valence-electron chi connectivity index (χ3n) is 3.91. The molecule has 24 heavy (non-hydrogen) atoms. The second-order valence-corrected chi connectivity index (χ2v) is 7.30. The topological polar surface area (TPSA) is 34.9 Å². The van der Waals surface area contributed by atoms with E-state index in [1.54, 1.807) is 22.8 Å². The summed E-state index contributed by atoms with van der Waals surface area (Å²) in [5, 5.41) is 1.37. The number of rotatable bonds is 4. The van der Waals surface area contributed by atoms with Crippen molar-refractivity contribution in [3.8, 4) is 0 Å². The van der Waals surface area contributed by atoms with E-state index in [0.717, 1.165) is 5.56 Å². The standard InChI is InChI=1S/C19H19FN2OS/c1-12(2)22-18(23)16-6-4-5-7-17(16)21-19(22)24-13(3)14-8-10-15(20)11-9-14/h4-13H,1-3H3. The van der Waals surface area contributed by atoms with Crippen LogP contribution < -0.4 is 5.56 Å². The lowest BCUT2D eigenvalue weighted by atomic mass is 10.2. The van der Waals surface area contributed by atoms with Crippen LogP contribution in [0.1, 0.15) is 37.6 Å². The SMILES string of the molecule is CC(Sc1nc2ccccc2c(=O)n1C(C)C)c1ccc(F)cc1. The molecule has 0 aliphatic carbocycles. The van der Waals surface area contributed by atoms with Crippen molar-refractivity contribution in [3.05, 3.63) is 70.3 Å². The lowest BCUT2D eigenvalue weighted by Crippen LogP contribution is -2.25. The Morgan fingerprint density at radius 3 is 2.38 bits per heavy atom. The van der Waals surface area contributed by atoms with Crippen LogP contribution in [0.2, 0.25) is 0 Å². The second-order valence-electron chi connectivity index (χ2n) is 5.99. The summed E-state index contributed by atoms with van der Waals surface area (Å²) in [6.07, 6.45) is 0. The molecule has 0 fully saturated rings. The van der Waals surface area contributed by atoms with Gasteiger partial charge in [0.1, 0.15) is 5.82 Å². The lowest BCUT2D eigenvalue weighted by Gasteiger charge is -2.19. The van der Waals surface area contributed by atoms with E-state index in [1.165, 1.54) is 23.9 Å². The molecule has 0 aliphatic rings. The zero-order chi connectivity index (χ0) is 17.3. The first-order chi connectivity index (χ1) is 11.5. The van der Waals surface area contributed by atoms with Gasteiger partial charge in [0.2, 0.25) is 0 Å². The molecule has 1 unspecified atom stereocenters. The third kappa shape index (κ3) is 3.22. The van der Waals surface area contributed by atoms with Gasteiger partial charge in [-0.15, -0.1) is 0 Å². The van der Waals surface area contributed by atoms with Crippen LogP contribution in [0.4, 0.5) is 4.39 Å². The number of benzene rings is 2. The predicted molar refractivity (Wildman–Crippen MR) is 97.1 cm³/mol. The van der Waals surface area contributed by atoms with Crippen LogP contribution in [0, 0.1) is 5.82 Å². The highest BCUT2D eigenvalue weighted by Gasteiger charge is 2.17. The van der Waals surface area contributed by atoms with Crippen LogP contribution in [-0.4, -0.2) is 9.55 Å². The molecule has 2 aromatic carbocycles. The molecule has 1 aromatic heterocycles. The molecule has 3 aromatic rings. The fourth-order valence-corrected chi connectivity index (χ4v) is 3.79. The van der Waals surface area contributed by atoms with E-state index in [1.807, 2.05) is 39.0 Å². The maximum absolute atomic E-state index is 13.1. The Balaban J connectivity index is 2.06.